The van der Waals surface area contributed by atoms with Gasteiger partial charge in [-0.3, -0.25) is 9.69 Å². The zero-order chi connectivity index (χ0) is 12.5. The Morgan fingerprint density at radius 2 is 2.39 bits per heavy atom. The van der Waals surface area contributed by atoms with Crippen LogP contribution in [0, 0.1) is 0 Å². The SMILES string of the molecule is CN1CCOC2CCN(C(=O)c3cc[nH]c3)C[C@@H]21. The molecule has 5 nitrogen and oxygen atoms in total. The molecule has 0 bridgehead atoms. The van der Waals surface area contributed by atoms with Gasteiger partial charge in [0.1, 0.15) is 0 Å². The minimum atomic E-state index is 0.119. The van der Waals surface area contributed by atoms with E-state index >= 15 is 0 Å². The number of H-pyrrole nitrogens is 1. The highest BCUT2D eigenvalue weighted by Gasteiger charge is 2.36. The van der Waals surface area contributed by atoms with Gasteiger partial charge in [0, 0.05) is 32.0 Å². The van der Waals surface area contributed by atoms with Crippen LogP contribution >= 0.6 is 0 Å². The highest BCUT2D eigenvalue weighted by atomic mass is 16.5. The first-order valence-electron chi connectivity index (χ1n) is 6.49. The smallest absolute Gasteiger partial charge is 0.255 e. The highest BCUT2D eigenvalue weighted by Crippen LogP contribution is 2.22. The van der Waals surface area contributed by atoms with Crippen molar-refractivity contribution in [1.82, 2.24) is 14.8 Å². The van der Waals surface area contributed by atoms with Gasteiger partial charge in [-0.25, -0.2) is 0 Å². The zero-order valence-corrected chi connectivity index (χ0v) is 10.6. The van der Waals surface area contributed by atoms with Gasteiger partial charge in [-0.2, -0.15) is 0 Å². The molecule has 1 aromatic heterocycles. The molecule has 18 heavy (non-hydrogen) atoms. The molecule has 1 N–H and O–H groups in total. The largest absolute Gasteiger partial charge is 0.375 e. The van der Waals surface area contributed by atoms with Crippen LogP contribution in [0.3, 0.4) is 0 Å². The van der Waals surface area contributed by atoms with Crippen molar-refractivity contribution in [2.24, 2.45) is 0 Å². The van der Waals surface area contributed by atoms with E-state index in [1.807, 2.05) is 11.0 Å². The molecule has 0 aliphatic carbocycles. The number of morpholine rings is 1. The molecular formula is C13H19N3O2. The molecule has 2 aliphatic rings. The van der Waals surface area contributed by atoms with E-state index in [9.17, 15) is 4.79 Å². The Kier molecular flexibility index (Phi) is 3.09. The lowest BCUT2D eigenvalue weighted by Crippen LogP contribution is -2.59. The predicted molar refractivity (Wildman–Crippen MR) is 67.5 cm³/mol. The zero-order valence-electron chi connectivity index (χ0n) is 10.6. The third-order valence-electron chi connectivity index (χ3n) is 3.99. The number of rotatable bonds is 1. The van der Waals surface area contributed by atoms with Crippen molar-refractivity contribution in [2.75, 3.05) is 33.3 Å². The second-order valence-corrected chi connectivity index (χ2v) is 5.10. The lowest BCUT2D eigenvalue weighted by molar-refractivity contribution is -0.0893. The van der Waals surface area contributed by atoms with E-state index in [-0.39, 0.29) is 5.91 Å². The summed E-state index contributed by atoms with van der Waals surface area (Å²) in [6, 6.07) is 2.17. The van der Waals surface area contributed by atoms with Gasteiger partial charge in [0.05, 0.1) is 24.3 Å². The molecular weight excluding hydrogens is 230 g/mol. The summed E-state index contributed by atoms with van der Waals surface area (Å²) in [6.45, 7) is 3.32. The Balaban J connectivity index is 1.71. The first kappa shape index (κ1) is 11.7. The highest BCUT2D eigenvalue weighted by molar-refractivity contribution is 5.94. The Morgan fingerprint density at radius 3 is 3.17 bits per heavy atom. The number of nitrogens with zero attached hydrogens (tertiary/aromatic N) is 2. The van der Waals surface area contributed by atoms with Crippen molar-refractivity contribution >= 4 is 5.91 Å². The molecule has 98 valence electrons. The third-order valence-corrected chi connectivity index (χ3v) is 3.99. The Morgan fingerprint density at radius 1 is 1.50 bits per heavy atom. The number of aromatic nitrogens is 1. The number of aromatic amines is 1. The van der Waals surface area contributed by atoms with Crippen LogP contribution in [0.4, 0.5) is 0 Å². The molecule has 0 radical (unpaired) electrons. The number of likely N-dealkylation sites (tertiary alicyclic amines) is 1. The van der Waals surface area contributed by atoms with Crippen LogP contribution in [0.2, 0.25) is 0 Å². The van der Waals surface area contributed by atoms with Gasteiger partial charge < -0.3 is 14.6 Å². The van der Waals surface area contributed by atoms with Crippen LogP contribution in [0.25, 0.3) is 0 Å². The molecule has 1 unspecified atom stereocenters. The van der Waals surface area contributed by atoms with Crippen LogP contribution in [-0.2, 0) is 4.74 Å². The van der Waals surface area contributed by atoms with E-state index < -0.39 is 0 Å². The van der Waals surface area contributed by atoms with Crippen LogP contribution < -0.4 is 0 Å². The first-order chi connectivity index (χ1) is 8.75. The van der Waals surface area contributed by atoms with E-state index in [0.717, 1.165) is 38.2 Å². The molecule has 2 atom stereocenters. The van der Waals surface area contributed by atoms with Crippen LogP contribution in [0.15, 0.2) is 18.5 Å². The van der Waals surface area contributed by atoms with Gasteiger partial charge >= 0.3 is 0 Å². The topological polar surface area (TPSA) is 48.6 Å². The van der Waals surface area contributed by atoms with Crippen LogP contribution in [-0.4, -0.2) is 66.1 Å². The maximum atomic E-state index is 12.3. The second-order valence-electron chi connectivity index (χ2n) is 5.10. The molecule has 2 fully saturated rings. The lowest BCUT2D eigenvalue weighted by atomic mass is 9.99. The molecule has 1 aromatic rings. The lowest BCUT2D eigenvalue weighted by Gasteiger charge is -2.45. The molecule has 1 amide bonds. The van der Waals surface area contributed by atoms with Crippen molar-refractivity contribution in [1.29, 1.82) is 0 Å². The van der Waals surface area contributed by atoms with E-state index in [1.165, 1.54) is 0 Å². The van der Waals surface area contributed by atoms with Crippen molar-refractivity contribution in [3.63, 3.8) is 0 Å². The summed E-state index contributed by atoms with van der Waals surface area (Å²) in [6.07, 6.45) is 4.77. The summed E-state index contributed by atoms with van der Waals surface area (Å²) in [5, 5.41) is 0. The minimum absolute atomic E-state index is 0.119. The van der Waals surface area contributed by atoms with Crippen LogP contribution in [0.1, 0.15) is 16.8 Å². The standard InChI is InChI=1S/C13H19N3O2/c1-15-6-7-18-12-3-5-16(9-11(12)15)13(17)10-2-4-14-8-10/h2,4,8,11-12,14H,3,5-7,9H2,1H3/t11-,12?/m0/s1. The maximum absolute atomic E-state index is 12.3. The van der Waals surface area contributed by atoms with Crippen molar-refractivity contribution in [2.45, 2.75) is 18.6 Å². The van der Waals surface area contributed by atoms with E-state index in [4.69, 9.17) is 4.74 Å². The monoisotopic (exact) mass is 249 g/mol. The van der Waals surface area contributed by atoms with Gasteiger partial charge in [-0.05, 0) is 19.5 Å². The van der Waals surface area contributed by atoms with Crippen molar-refractivity contribution < 1.29 is 9.53 Å². The maximum Gasteiger partial charge on any atom is 0.255 e. The first-order valence-corrected chi connectivity index (χ1v) is 6.49. The number of fused-ring (bicyclic) bond motifs is 1. The number of ether oxygens (including phenoxy) is 1. The molecule has 2 saturated heterocycles. The number of piperidine rings is 1. The summed E-state index contributed by atoms with van der Waals surface area (Å²) < 4.78 is 5.79. The number of carbonyl (C=O) groups is 1. The summed E-state index contributed by atoms with van der Waals surface area (Å²) in [4.78, 5) is 19.5. The van der Waals surface area contributed by atoms with Gasteiger partial charge in [0.25, 0.3) is 5.91 Å². The average molecular weight is 249 g/mol. The minimum Gasteiger partial charge on any atom is -0.375 e. The van der Waals surface area contributed by atoms with Gasteiger partial charge in [0.2, 0.25) is 0 Å². The van der Waals surface area contributed by atoms with Crippen molar-refractivity contribution in [3.8, 4) is 0 Å². The molecule has 0 spiro atoms. The molecule has 0 aromatic carbocycles. The van der Waals surface area contributed by atoms with Gasteiger partial charge in [-0.15, -0.1) is 0 Å². The molecule has 3 rings (SSSR count). The number of nitrogens with one attached hydrogen (secondary N) is 1. The Bertz CT molecular complexity index is 418. The number of likely N-dealkylation sites (N-methyl/N-ethyl adjacent to an activating group) is 1. The summed E-state index contributed by atoms with van der Waals surface area (Å²) in [5.41, 5.74) is 0.743. The molecule has 3 heterocycles. The Hall–Kier alpha value is -1.33. The third kappa shape index (κ3) is 2.04. The van der Waals surface area contributed by atoms with Crippen molar-refractivity contribution in [3.05, 3.63) is 24.0 Å². The summed E-state index contributed by atoms with van der Waals surface area (Å²) in [5.74, 6) is 0.119. The van der Waals surface area contributed by atoms with Gasteiger partial charge in [-0.1, -0.05) is 0 Å². The molecule has 0 saturated carbocycles. The van der Waals surface area contributed by atoms with E-state index in [0.29, 0.717) is 12.1 Å². The fourth-order valence-corrected chi connectivity index (χ4v) is 2.87. The summed E-state index contributed by atoms with van der Waals surface area (Å²) in [7, 11) is 2.12. The average Bonchev–Trinajstić information content (AvgIpc) is 2.92. The quantitative estimate of drug-likeness (QED) is 0.791. The van der Waals surface area contributed by atoms with Crippen LogP contribution in [0.5, 0.6) is 0 Å². The normalized spacial score (nSPS) is 29.1. The fraction of sp³-hybridized carbons (Fsp3) is 0.615. The van der Waals surface area contributed by atoms with E-state index in [1.54, 1.807) is 12.4 Å². The van der Waals surface area contributed by atoms with Gasteiger partial charge in [0.15, 0.2) is 0 Å². The molecule has 2 aliphatic heterocycles. The van der Waals surface area contributed by atoms with E-state index in [2.05, 4.69) is 16.9 Å². The molecule has 5 heteroatoms. The fourth-order valence-electron chi connectivity index (χ4n) is 2.87. The number of hydrogen-bond donors (Lipinski definition) is 1. The number of amides is 1. The number of hydrogen-bond acceptors (Lipinski definition) is 3. The predicted octanol–water partition coefficient (Wildman–Crippen LogP) is 0.560. The second kappa shape index (κ2) is 4.74. The number of carbonyl (C=O) groups excluding carboxylic acids is 1. The summed E-state index contributed by atoms with van der Waals surface area (Å²) >= 11 is 0. The Labute approximate surface area is 107 Å².